The van der Waals surface area contributed by atoms with Crippen molar-refractivity contribution in [3.63, 3.8) is 0 Å². The maximum Gasteiger partial charge on any atom is 0.295 e. The van der Waals surface area contributed by atoms with Gasteiger partial charge in [0.1, 0.15) is 12.1 Å². The first-order valence-corrected chi connectivity index (χ1v) is 5.80. The van der Waals surface area contributed by atoms with Crippen LogP contribution in [0.1, 0.15) is 0 Å². The van der Waals surface area contributed by atoms with Gasteiger partial charge in [0.15, 0.2) is 5.82 Å². The Balaban J connectivity index is 2.81. The molecule has 1 heterocycles. The molecular formula is C9H7ClF2N4O2S. The zero-order valence-corrected chi connectivity index (χ0v) is 10.8. The van der Waals surface area contributed by atoms with Crippen LogP contribution in [0.5, 0.6) is 0 Å². The molecule has 102 valence electrons. The highest BCUT2D eigenvalue weighted by atomic mass is 35.5. The largest absolute Gasteiger partial charge is 0.315 e. The van der Waals surface area contributed by atoms with Gasteiger partial charge >= 0.3 is 0 Å². The fourth-order valence-corrected chi connectivity index (χ4v) is 2.15. The van der Waals surface area contributed by atoms with Gasteiger partial charge in [0.05, 0.1) is 15.3 Å². The second-order valence-corrected chi connectivity index (χ2v) is 4.21. The van der Waals surface area contributed by atoms with Gasteiger partial charge in [-0.25, -0.2) is 13.5 Å². The van der Waals surface area contributed by atoms with Crippen LogP contribution in [0, 0.1) is 10.1 Å². The van der Waals surface area contributed by atoms with Crippen LogP contribution in [0.4, 0.5) is 20.3 Å². The summed E-state index contributed by atoms with van der Waals surface area (Å²) in [5.41, 5.74) is -0.406. The van der Waals surface area contributed by atoms with E-state index < -0.39 is 17.9 Å². The van der Waals surface area contributed by atoms with E-state index in [0.29, 0.717) is 0 Å². The molecule has 0 amide bonds. The Morgan fingerprint density at radius 1 is 1.58 bits per heavy atom. The van der Waals surface area contributed by atoms with E-state index in [1.807, 2.05) is 0 Å². The van der Waals surface area contributed by atoms with E-state index in [4.69, 9.17) is 11.6 Å². The molecule has 19 heavy (non-hydrogen) atoms. The van der Waals surface area contributed by atoms with Crippen LogP contribution in [-0.2, 0) is 6.54 Å². The van der Waals surface area contributed by atoms with Crippen molar-refractivity contribution in [2.24, 2.45) is 0 Å². The topological polar surface area (TPSA) is 73.0 Å². The maximum absolute atomic E-state index is 12.5. The van der Waals surface area contributed by atoms with Gasteiger partial charge in [0, 0.05) is 6.07 Å². The third-order valence-electron chi connectivity index (χ3n) is 2.43. The minimum absolute atomic E-state index is 0.0608. The molecule has 0 aliphatic rings. The molecule has 2 aromatic rings. The Kier molecular flexibility index (Phi) is 3.76. The van der Waals surface area contributed by atoms with Crippen molar-refractivity contribution >= 4 is 46.8 Å². The predicted octanol–water partition coefficient (Wildman–Crippen LogP) is 3.12. The molecular weight excluding hydrogens is 302 g/mol. The molecule has 0 fully saturated rings. The van der Waals surface area contributed by atoms with Crippen LogP contribution in [-0.4, -0.2) is 21.1 Å². The molecule has 1 N–H and O–H groups in total. The minimum Gasteiger partial charge on any atom is -0.315 e. The average Bonchev–Trinajstić information content (AvgIpc) is 2.68. The number of fused-ring (bicyclic) bond motifs is 1. The van der Waals surface area contributed by atoms with Gasteiger partial charge in [0.25, 0.3) is 12.1 Å². The molecule has 1 aromatic heterocycles. The average molecular weight is 309 g/mol. The number of anilines is 1. The number of alkyl halides is 2. The summed E-state index contributed by atoms with van der Waals surface area (Å²) in [6, 6.07) is 2.46. The molecule has 6 nitrogen and oxygen atoms in total. The first-order chi connectivity index (χ1) is 8.95. The van der Waals surface area contributed by atoms with E-state index >= 15 is 0 Å². The van der Waals surface area contributed by atoms with Crippen molar-refractivity contribution in [2.45, 2.75) is 13.0 Å². The number of halogens is 3. The zero-order valence-electron chi connectivity index (χ0n) is 9.18. The van der Waals surface area contributed by atoms with Crippen LogP contribution in [0.25, 0.3) is 10.9 Å². The molecule has 0 aliphatic carbocycles. The lowest BCUT2D eigenvalue weighted by molar-refractivity contribution is -0.383. The van der Waals surface area contributed by atoms with Gasteiger partial charge in [-0.15, -0.1) is 0 Å². The fourth-order valence-electron chi connectivity index (χ4n) is 1.75. The van der Waals surface area contributed by atoms with Crippen molar-refractivity contribution in [3.8, 4) is 0 Å². The normalized spacial score (nSPS) is 11.2. The molecule has 0 spiro atoms. The smallest absolute Gasteiger partial charge is 0.295 e. The van der Waals surface area contributed by atoms with Gasteiger partial charge in [-0.3, -0.25) is 10.1 Å². The van der Waals surface area contributed by atoms with Crippen molar-refractivity contribution < 1.29 is 13.7 Å². The number of thiol groups is 1. The SMILES string of the molecule is O=[N+]([O-])c1ccc(Cl)c2c(NS)nn(CC(F)F)c12. The van der Waals surface area contributed by atoms with E-state index in [1.165, 1.54) is 6.07 Å². The van der Waals surface area contributed by atoms with Crippen LogP contribution < -0.4 is 4.72 Å². The van der Waals surface area contributed by atoms with Crippen molar-refractivity contribution in [1.29, 1.82) is 0 Å². The van der Waals surface area contributed by atoms with Gasteiger partial charge in [-0.1, -0.05) is 24.4 Å². The van der Waals surface area contributed by atoms with E-state index in [9.17, 15) is 18.9 Å². The number of nitro benzene ring substituents is 1. The summed E-state index contributed by atoms with van der Waals surface area (Å²) >= 11 is 9.71. The summed E-state index contributed by atoms with van der Waals surface area (Å²) in [5.74, 6) is 0.0904. The van der Waals surface area contributed by atoms with E-state index in [-0.39, 0.29) is 27.4 Å². The Hall–Kier alpha value is -1.61. The number of hydrogen-bond donors (Lipinski definition) is 2. The Morgan fingerprint density at radius 2 is 2.26 bits per heavy atom. The number of nitro groups is 1. The van der Waals surface area contributed by atoms with Gasteiger partial charge in [-0.05, 0) is 6.07 Å². The van der Waals surface area contributed by atoms with Crippen LogP contribution >= 0.6 is 24.4 Å². The van der Waals surface area contributed by atoms with Crippen molar-refractivity contribution in [1.82, 2.24) is 9.78 Å². The van der Waals surface area contributed by atoms with Crippen molar-refractivity contribution in [2.75, 3.05) is 4.72 Å². The molecule has 0 atom stereocenters. The standard InChI is InChI=1S/C9H7ClF2N4O2S/c10-4-1-2-5(16(17)18)8-7(4)9(14-19)13-15(8)3-6(11)12/h1-2,6,19H,3H2,(H,13,14). The number of nitrogens with one attached hydrogen (secondary N) is 1. The second-order valence-electron chi connectivity index (χ2n) is 3.58. The molecule has 0 saturated heterocycles. The fraction of sp³-hybridized carbons (Fsp3) is 0.222. The molecule has 0 unspecified atom stereocenters. The predicted molar refractivity (Wildman–Crippen MR) is 70.0 cm³/mol. The molecule has 1 aromatic carbocycles. The lowest BCUT2D eigenvalue weighted by Crippen LogP contribution is -2.09. The highest BCUT2D eigenvalue weighted by Gasteiger charge is 2.24. The first kappa shape index (κ1) is 13.8. The summed E-state index contributed by atoms with van der Waals surface area (Å²) in [7, 11) is 0. The van der Waals surface area contributed by atoms with Crippen LogP contribution in [0.3, 0.4) is 0 Å². The number of non-ortho nitro benzene ring substituents is 1. The Labute approximate surface area is 116 Å². The quantitative estimate of drug-likeness (QED) is 0.517. The highest BCUT2D eigenvalue weighted by molar-refractivity contribution is 7.81. The minimum atomic E-state index is -2.70. The summed E-state index contributed by atoms with van der Waals surface area (Å²) in [4.78, 5) is 10.3. The molecule has 0 aliphatic heterocycles. The third-order valence-corrected chi connectivity index (χ3v) is 2.96. The van der Waals surface area contributed by atoms with Crippen LogP contribution in [0.2, 0.25) is 5.02 Å². The van der Waals surface area contributed by atoms with E-state index in [1.54, 1.807) is 0 Å². The van der Waals surface area contributed by atoms with E-state index in [2.05, 4.69) is 22.6 Å². The van der Waals surface area contributed by atoms with E-state index in [0.717, 1.165) is 10.7 Å². The number of benzene rings is 1. The molecule has 0 saturated carbocycles. The monoisotopic (exact) mass is 308 g/mol. The summed E-state index contributed by atoms with van der Waals surface area (Å²) in [6.07, 6.45) is -2.70. The number of hydrogen-bond acceptors (Lipinski definition) is 5. The summed E-state index contributed by atoms with van der Waals surface area (Å²) in [5, 5.41) is 15.1. The summed E-state index contributed by atoms with van der Waals surface area (Å²) < 4.78 is 28.2. The van der Waals surface area contributed by atoms with Gasteiger partial charge in [-0.2, -0.15) is 5.10 Å². The maximum atomic E-state index is 12.5. The number of aromatic nitrogens is 2. The third kappa shape index (κ3) is 2.43. The first-order valence-electron chi connectivity index (χ1n) is 4.97. The Morgan fingerprint density at radius 3 is 2.79 bits per heavy atom. The second kappa shape index (κ2) is 5.17. The number of rotatable bonds is 4. The zero-order chi connectivity index (χ0) is 14.2. The molecule has 2 rings (SSSR count). The van der Waals surface area contributed by atoms with Gasteiger partial charge < -0.3 is 4.72 Å². The molecule has 10 heteroatoms. The molecule has 0 radical (unpaired) electrons. The lowest BCUT2D eigenvalue weighted by atomic mass is 10.2. The Bertz CT molecular complexity index is 649. The lowest BCUT2D eigenvalue weighted by Gasteiger charge is -2.03. The van der Waals surface area contributed by atoms with Gasteiger partial charge in [0.2, 0.25) is 0 Å². The number of nitrogens with zero attached hydrogens (tertiary/aromatic N) is 3. The summed E-state index contributed by atoms with van der Waals surface area (Å²) in [6.45, 7) is -0.771. The van der Waals surface area contributed by atoms with Crippen LogP contribution in [0.15, 0.2) is 12.1 Å². The highest BCUT2D eigenvalue weighted by Crippen LogP contribution is 2.36. The molecule has 0 bridgehead atoms. The van der Waals surface area contributed by atoms with Crippen molar-refractivity contribution in [3.05, 3.63) is 27.3 Å².